The number of benzene rings is 1. The van der Waals surface area contributed by atoms with E-state index in [0.717, 1.165) is 4.90 Å². The number of oxime groups is 1. The SMILES string of the molecule is NC(=NO)c1ccc(Sc2ncn[nH]2)cc1Cl. The fourth-order valence-corrected chi connectivity index (χ4v) is 2.25. The Morgan fingerprint density at radius 2 is 2.35 bits per heavy atom. The standard InChI is InChI=1S/C9H8ClN5OS/c10-7-3-5(17-9-12-4-13-14-9)1-2-6(7)8(11)15-16/h1-4,16H,(H2,11,15)(H,12,13,14). The van der Waals surface area contributed by atoms with Gasteiger partial charge in [-0.15, -0.1) is 0 Å². The third-order valence-corrected chi connectivity index (χ3v) is 3.12. The van der Waals surface area contributed by atoms with Crippen LogP contribution >= 0.6 is 23.4 Å². The van der Waals surface area contributed by atoms with Crippen LogP contribution in [0.15, 0.2) is 39.7 Å². The number of rotatable bonds is 3. The highest BCUT2D eigenvalue weighted by atomic mass is 35.5. The minimum absolute atomic E-state index is 0.0220. The van der Waals surface area contributed by atoms with Crippen LogP contribution in [-0.4, -0.2) is 26.2 Å². The minimum atomic E-state index is -0.0220. The minimum Gasteiger partial charge on any atom is -0.409 e. The Morgan fingerprint density at radius 1 is 1.53 bits per heavy atom. The first kappa shape index (κ1) is 11.7. The maximum Gasteiger partial charge on any atom is 0.188 e. The lowest BCUT2D eigenvalue weighted by atomic mass is 10.2. The second-order valence-electron chi connectivity index (χ2n) is 3.02. The van der Waals surface area contributed by atoms with Crippen molar-refractivity contribution in [2.24, 2.45) is 10.9 Å². The number of nitrogens with zero attached hydrogens (tertiary/aromatic N) is 3. The molecule has 1 aromatic heterocycles. The first-order valence-corrected chi connectivity index (χ1v) is 5.71. The fourth-order valence-electron chi connectivity index (χ4n) is 1.18. The molecule has 0 aliphatic heterocycles. The molecule has 0 unspecified atom stereocenters. The predicted molar refractivity (Wildman–Crippen MR) is 64.5 cm³/mol. The van der Waals surface area contributed by atoms with E-state index in [0.29, 0.717) is 15.7 Å². The molecule has 17 heavy (non-hydrogen) atoms. The number of H-pyrrole nitrogens is 1. The summed E-state index contributed by atoms with van der Waals surface area (Å²) < 4.78 is 0. The predicted octanol–water partition coefficient (Wildman–Crippen LogP) is 1.70. The lowest BCUT2D eigenvalue weighted by Gasteiger charge is -2.04. The van der Waals surface area contributed by atoms with E-state index in [2.05, 4.69) is 20.3 Å². The van der Waals surface area contributed by atoms with E-state index in [1.165, 1.54) is 18.1 Å². The summed E-state index contributed by atoms with van der Waals surface area (Å²) in [5, 5.41) is 19.0. The van der Waals surface area contributed by atoms with Crippen molar-refractivity contribution in [1.29, 1.82) is 0 Å². The number of hydrogen-bond donors (Lipinski definition) is 3. The molecule has 0 atom stereocenters. The highest BCUT2D eigenvalue weighted by Gasteiger charge is 2.07. The van der Waals surface area contributed by atoms with E-state index in [4.69, 9.17) is 22.5 Å². The smallest absolute Gasteiger partial charge is 0.188 e. The first-order valence-electron chi connectivity index (χ1n) is 4.51. The summed E-state index contributed by atoms with van der Waals surface area (Å²) >= 11 is 7.39. The molecule has 2 rings (SSSR count). The van der Waals surface area contributed by atoms with Gasteiger partial charge >= 0.3 is 0 Å². The summed E-state index contributed by atoms with van der Waals surface area (Å²) in [4.78, 5) is 4.86. The summed E-state index contributed by atoms with van der Waals surface area (Å²) in [6.45, 7) is 0. The van der Waals surface area contributed by atoms with Gasteiger partial charge in [0.1, 0.15) is 6.33 Å². The molecule has 0 aliphatic rings. The number of nitrogens with one attached hydrogen (secondary N) is 1. The summed E-state index contributed by atoms with van der Waals surface area (Å²) in [6, 6.07) is 5.19. The third-order valence-electron chi connectivity index (χ3n) is 1.93. The molecule has 0 bridgehead atoms. The molecule has 0 spiro atoms. The fraction of sp³-hybridized carbons (Fsp3) is 0. The normalized spacial score (nSPS) is 11.7. The largest absolute Gasteiger partial charge is 0.409 e. The lowest BCUT2D eigenvalue weighted by molar-refractivity contribution is 0.318. The molecule has 88 valence electrons. The van der Waals surface area contributed by atoms with Gasteiger partial charge in [-0.25, -0.2) is 4.98 Å². The molecule has 0 saturated carbocycles. The Morgan fingerprint density at radius 3 is 2.94 bits per heavy atom. The molecule has 1 aromatic carbocycles. The van der Waals surface area contributed by atoms with Crippen molar-refractivity contribution in [3.05, 3.63) is 35.1 Å². The zero-order chi connectivity index (χ0) is 12.3. The molecule has 0 aliphatic carbocycles. The van der Waals surface area contributed by atoms with Crippen molar-refractivity contribution in [3.8, 4) is 0 Å². The van der Waals surface area contributed by atoms with Crippen LogP contribution in [0.2, 0.25) is 5.02 Å². The Balaban J connectivity index is 2.25. The van der Waals surface area contributed by atoms with E-state index in [1.54, 1.807) is 18.2 Å². The molecule has 8 heteroatoms. The monoisotopic (exact) mass is 269 g/mol. The van der Waals surface area contributed by atoms with Crippen LogP contribution in [-0.2, 0) is 0 Å². The van der Waals surface area contributed by atoms with Crippen LogP contribution in [0, 0.1) is 0 Å². The summed E-state index contributed by atoms with van der Waals surface area (Å²) in [5.41, 5.74) is 5.94. The van der Waals surface area contributed by atoms with Crippen molar-refractivity contribution in [1.82, 2.24) is 15.2 Å². The number of nitrogens with two attached hydrogens (primary N) is 1. The van der Waals surface area contributed by atoms with Gasteiger partial charge in [0.25, 0.3) is 0 Å². The number of halogens is 1. The third kappa shape index (κ3) is 2.69. The van der Waals surface area contributed by atoms with Crippen molar-refractivity contribution in [2.75, 3.05) is 0 Å². The molecule has 6 nitrogen and oxygen atoms in total. The molecule has 1 heterocycles. The maximum absolute atomic E-state index is 8.57. The van der Waals surface area contributed by atoms with Crippen molar-refractivity contribution >= 4 is 29.2 Å². The van der Waals surface area contributed by atoms with E-state index < -0.39 is 0 Å². The summed E-state index contributed by atoms with van der Waals surface area (Å²) in [6.07, 6.45) is 1.43. The van der Waals surface area contributed by atoms with Gasteiger partial charge in [-0.2, -0.15) is 5.10 Å². The topological polar surface area (TPSA) is 100 Å². The van der Waals surface area contributed by atoms with Crippen molar-refractivity contribution in [3.63, 3.8) is 0 Å². The second kappa shape index (κ2) is 5.07. The molecule has 0 amide bonds. The van der Waals surface area contributed by atoms with Gasteiger partial charge in [0.15, 0.2) is 11.0 Å². The van der Waals surface area contributed by atoms with E-state index in [9.17, 15) is 0 Å². The van der Waals surface area contributed by atoms with Crippen molar-refractivity contribution < 1.29 is 5.21 Å². The Bertz CT molecular complexity index is 542. The second-order valence-corrected chi connectivity index (χ2v) is 4.49. The van der Waals surface area contributed by atoms with Crippen LogP contribution in [0.25, 0.3) is 0 Å². The van der Waals surface area contributed by atoms with E-state index >= 15 is 0 Å². The highest BCUT2D eigenvalue weighted by molar-refractivity contribution is 7.99. The average Bonchev–Trinajstić information content (AvgIpc) is 2.81. The number of hydrogen-bond acceptors (Lipinski definition) is 5. The van der Waals surface area contributed by atoms with Gasteiger partial charge in [-0.05, 0) is 18.2 Å². The molecule has 0 fully saturated rings. The van der Waals surface area contributed by atoms with Gasteiger partial charge in [-0.1, -0.05) is 28.5 Å². The van der Waals surface area contributed by atoms with E-state index in [-0.39, 0.29) is 5.84 Å². The molecule has 2 aromatic rings. The lowest BCUT2D eigenvalue weighted by Crippen LogP contribution is -2.13. The van der Waals surface area contributed by atoms with Crippen LogP contribution < -0.4 is 5.73 Å². The molecule has 0 radical (unpaired) electrons. The quantitative estimate of drug-likeness (QED) is 0.341. The van der Waals surface area contributed by atoms with Gasteiger partial charge in [0.2, 0.25) is 0 Å². The number of aromatic amines is 1. The molecule has 4 N–H and O–H groups in total. The van der Waals surface area contributed by atoms with Gasteiger partial charge < -0.3 is 10.9 Å². The van der Waals surface area contributed by atoms with Gasteiger partial charge in [0, 0.05) is 10.5 Å². The first-order chi connectivity index (χ1) is 8.20. The van der Waals surface area contributed by atoms with Crippen molar-refractivity contribution in [2.45, 2.75) is 10.1 Å². The summed E-state index contributed by atoms with van der Waals surface area (Å²) in [7, 11) is 0. The Hall–Kier alpha value is -1.73. The van der Waals surface area contributed by atoms with Crippen LogP contribution in [0.5, 0.6) is 0 Å². The number of aromatic nitrogens is 3. The Labute approximate surface area is 106 Å². The van der Waals surface area contributed by atoms with Crippen LogP contribution in [0.4, 0.5) is 0 Å². The summed E-state index contributed by atoms with van der Waals surface area (Å²) in [5.74, 6) is -0.0220. The highest BCUT2D eigenvalue weighted by Crippen LogP contribution is 2.28. The van der Waals surface area contributed by atoms with Gasteiger partial charge in [0.05, 0.1) is 5.02 Å². The maximum atomic E-state index is 8.57. The van der Waals surface area contributed by atoms with Crippen LogP contribution in [0.1, 0.15) is 5.56 Å². The van der Waals surface area contributed by atoms with Gasteiger partial charge in [-0.3, -0.25) is 5.10 Å². The number of amidine groups is 1. The van der Waals surface area contributed by atoms with Crippen LogP contribution in [0.3, 0.4) is 0 Å². The molecular formula is C9H8ClN5OS. The Kier molecular flexibility index (Phi) is 3.50. The van der Waals surface area contributed by atoms with E-state index in [1.807, 2.05) is 0 Å². The molecule has 0 saturated heterocycles. The zero-order valence-corrected chi connectivity index (χ0v) is 10.0. The average molecular weight is 270 g/mol. The zero-order valence-electron chi connectivity index (χ0n) is 8.46. The molecular weight excluding hydrogens is 262 g/mol.